The number of nitrogens with one attached hydrogen (secondary N) is 2. The van der Waals surface area contributed by atoms with Crippen LogP contribution in [0.3, 0.4) is 0 Å². The first-order valence-electron chi connectivity index (χ1n) is 9.13. The van der Waals surface area contributed by atoms with Gasteiger partial charge in [-0.25, -0.2) is 0 Å². The first kappa shape index (κ1) is 19.4. The predicted octanol–water partition coefficient (Wildman–Crippen LogP) is 3.51. The summed E-state index contributed by atoms with van der Waals surface area (Å²) < 4.78 is 5.66. The molecule has 0 saturated carbocycles. The van der Waals surface area contributed by atoms with Gasteiger partial charge in [-0.1, -0.05) is 50.2 Å². The molecule has 144 valence electrons. The summed E-state index contributed by atoms with van der Waals surface area (Å²) in [5.74, 6) is -0.0995. The summed E-state index contributed by atoms with van der Waals surface area (Å²) in [4.78, 5) is 28.8. The number of furan rings is 1. The van der Waals surface area contributed by atoms with Crippen LogP contribution < -0.4 is 10.6 Å². The second-order valence-electron chi connectivity index (χ2n) is 6.77. The maximum atomic E-state index is 12.5. The lowest BCUT2D eigenvalue weighted by Gasteiger charge is -2.19. The molecule has 0 saturated heterocycles. The average Bonchev–Trinajstić information content (AvgIpc) is 3.22. The molecule has 0 bridgehead atoms. The molecule has 2 N–H and O–H groups in total. The summed E-state index contributed by atoms with van der Waals surface area (Å²) in [6.45, 7) is 3.73. The van der Waals surface area contributed by atoms with Crippen LogP contribution in [-0.4, -0.2) is 29.9 Å². The quantitative estimate of drug-likeness (QED) is 0.688. The molecule has 0 aliphatic heterocycles. The fourth-order valence-corrected chi connectivity index (χ4v) is 2.84. The second-order valence-corrected chi connectivity index (χ2v) is 6.77. The fourth-order valence-electron chi connectivity index (χ4n) is 2.84. The number of carbonyl (C=O) groups is 2. The number of likely N-dealkylation sites (N-methyl/N-ethyl adjacent to an activating group) is 1. The van der Waals surface area contributed by atoms with Gasteiger partial charge in [0.1, 0.15) is 11.7 Å². The molecule has 0 radical (unpaired) electrons. The van der Waals surface area contributed by atoms with Crippen molar-refractivity contribution in [3.8, 4) is 22.6 Å². The lowest BCUT2D eigenvalue weighted by atomic mass is 10.0. The van der Waals surface area contributed by atoms with Gasteiger partial charge >= 0.3 is 0 Å². The van der Waals surface area contributed by atoms with Gasteiger partial charge in [-0.05, 0) is 29.7 Å². The Hall–Kier alpha value is -3.41. The number of hydrogen-bond donors (Lipinski definition) is 2. The molecule has 0 aliphatic rings. The van der Waals surface area contributed by atoms with E-state index in [-0.39, 0.29) is 17.6 Å². The van der Waals surface area contributed by atoms with E-state index in [1.54, 1.807) is 25.4 Å². The molecule has 6 heteroatoms. The molecule has 3 rings (SSSR count). The SMILES string of the molecule is CNC(=O)C(NC(=O)c1ccc(-c2ccc(-c3ccccc3)cn2)o1)C(C)C. The molecule has 1 atom stereocenters. The summed E-state index contributed by atoms with van der Waals surface area (Å²) in [6.07, 6.45) is 1.77. The van der Waals surface area contributed by atoms with E-state index >= 15 is 0 Å². The van der Waals surface area contributed by atoms with E-state index in [1.165, 1.54) is 0 Å². The predicted molar refractivity (Wildman–Crippen MR) is 108 cm³/mol. The first-order valence-corrected chi connectivity index (χ1v) is 9.13. The molecule has 0 spiro atoms. The van der Waals surface area contributed by atoms with Crippen molar-refractivity contribution in [1.82, 2.24) is 15.6 Å². The van der Waals surface area contributed by atoms with E-state index in [4.69, 9.17) is 4.42 Å². The van der Waals surface area contributed by atoms with Crippen molar-refractivity contribution in [3.63, 3.8) is 0 Å². The Labute approximate surface area is 164 Å². The number of aromatic nitrogens is 1. The van der Waals surface area contributed by atoms with E-state index in [9.17, 15) is 9.59 Å². The molecular weight excluding hydrogens is 354 g/mol. The summed E-state index contributed by atoms with van der Waals surface area (Å²) in [5, 5.41) is 5.27. The van der Waals surface area contributed by atoms with Crippen LogP contribution in [0.2, 0.25) is 0 Å². The van der Waals surface area contributed by atoms with Crippen molar-refractivity contribution in [3.05, 3.63) is 66.6 Å². The molecule has 0 fully saturated rings. The molecule has 0 aliphatic carbocycles. The third-order valence-electron chi connectivity index (χ3n) is 4.43. The fraction of sp³-hybridized carbons (Fsp3) is 0.227. The Morgan fingerprint density at radius 3 is 2.32 bits per heavy atom. The van der Waals surface area contributed by atoms with Crippen LogP contribution >= 0.6 is 0 Å². The maximum Gasteiger partial charge on any atom is 0.287 e. The van der Waals surface area contributed by atoms with E-state index in [0.29, 0.717) is 11.5 Å². The average molecular weight is 377 g/mol. The summed E-state index contributed by atoms with van der Waals surface area (Å²) in [6, 6.07) is 16.4. The number of rotatable bonds is 6. The molecule has 28 heavy (non-hydrogen) atoms. The third kappa shape index (κ3) is 4.28. The molecule has 2 aromatic heterocycles. The minimum atomic E-state index is -0.630. The van der Waals surface area contributed by atoms with Crippen LogP contribution in [0.25, 0.3) is 22.6 Å². The van der Waals surface area contributed by atoms with Crippen molar-refractivity contribution < 1.29 is 14.0 Å². The van der Waals surface area contributed by atoms with Crippen LogP contribution in [0.5, 0.6) is 0 Å². The van der Waals surface area contributed by atoms with Gasteiger partial charge in [-0.15, -0.1) is 0 Å². The lowest BCUT2D eigenvalue weighted by Crippen LogP contribution is -2.48. The van der Waals surface area contributed by atoms with Crippen molar-refractivity contribution in [1.29, 1.82) is 0 Å². The smallest absolute Gasteiger partial charge is 0.287 e. The summed E-state index contributed by atoms with van der Waals surface area (Å²) >= 11 is 0. The number of pyridine rings is 1. The third-order valence-corrected chi connectivity index (χ3v) is 4.43. The number of benzene rings is 1. The van der Waals surface area contributed by atoms with E-state index < -0.39 is 11.9 Å². The van der Waals surface area contributed by atoms with Crippen LogP contribution in [0.1, 0.15) is 24.4 Å². The molecule has 3 aromatic rings. The minimum Gasteiger partial charge on any atom is -0.449 e. The Morgan fingerprint density at radius 2 is 1.71 bits per heavy atom. The Balaban J connectivity index is 1.74. The normalized spacial score (nSPS) is 11.9. The number of nitrogens with zero attached hydrogens (tertiary/aromatic N) is 1. The van der Waals surface area contributed by atoms with Crippen LogP contribution in [0, 0.1) is 5.92 Å². The molecular formula is C22H23N3O3. The monoisotopic (exact) mass is 377 g/mol. The molecule has 1 aromatic carbocycles. The number of carbonyl (C=O) groups excluding carboxylic acids is 2. The van der Waals surface area contributed by atoms with Gasteiger partial charge in [0.15, 0.2) is 11.5 Å². The highest BCUT2D eigenvalue weighted by atomic mass is 16.4. The molecule has 2 heterocycles. The van der Waals surface area contributed by atoms with Crippen LogP contribution in [0.15, 0.2) is 65.2 Å². The van der Waals surface area contributed by atoms with Crippen molar-refractivity contribution in [2.24, 2.45) is 5.92 Å². The minimum absolute atomic E-state index is 0.0504. The topological polar surface area (TPSA) is 84.2 Å². The molecule has 2 amide bonds. The first-order chi connectivity index (χ1) is 13.5. The maximum absolute atomic E-state index is 12.5. The van der Waals surface area contributed by atoms with E-state index in [2.05, 4.69) is 15.6 Å². The zero-order valence-corrected chi connectivity index (χ0v) is 16.1. The summed E-state index contributed by atoms with van der Waals surface area (Å²) in [5.41, 5.74) is 2.71. The van der Waals surface area contributed by atoms with Crippen LogP contribution in [0.4, 0.5) is 0 Å². The highest BCUT2D eigenvalue weighted by molar-refractivity contribution is 5.96. The lowest BCUT2D eigenvalue weighted by molar-refractivity contribution is -0.123. The van der Waals surface area contributed by atoms with Gasteiger partial charge in [-0.2, -0.15) is 0 Å². The van der Waals surface area contributed by atoms with E-state index in [1.807, 2.05) is 56.3 Å². The standard InChI is InChI=1S/C22H23N3O3/c1-14(2)20(22(27)23-3)25-21(26)19-12-11-18(28-19)17-10-9-16(13-24-17)15-7-5-4-6-8-15/h4-14,20H,1-3H3,(H,23,27)(H,25,26). The van der Waals surface area contributed by atoms with Crippen LogP contribution in [-0.2, 0) is 4.79 Å². The van der Waals surface area contributed by atoms with Gasteiger partial charge < -0.3 is 15.1 Å². The zero-order chi connectivity index (χ0) is 20.1. The van der Waals surface area contributed by atoms with Crippen molar-refractivity contribution in [2.75, 3.05) is 7.05 Å². The van der Waals surface area contributed by atoms with Gasteiger partial charge in [0, 0.05) is 18.8 Å². The Bertz CT molecular complexity index is 947. The highest BCUT2D eigenvalue weighted by Gasteiger charge is 2.25. The summed E-state index contributed by atoms with van der Waals surface area (Å²) in [7, 11) is 1.54. The Kier molecular flexibility index (Phi) is 5.89. The van der Waals surface area contributed by atoms with Gasteiger partial charge in [0.05, 0.1) is 0 Å². The second kappa shape index (κ2) is 8.52. The van der Waals surface area contributed by atoms with Gasteiger partial charge in [-0.3, -0.25) is 14.6 Å². The molecule has 1 unspecified atom stereocenters. The van der Waals surface area contributed by atoms with Crippen molar-refractivity contribution >= 4 is 11.8 Å². The van der Waals surface area contributed by atoms with Gasteiger partial charge in [0.2, 0.25) is 5.91 Å². The largest absolute Gasteiger partial charge is 0.449 e. The highest BCUT2D eigenvalue weighted by Crippen LogP contribution is 2.24. The van der Waals surface area contributed by atoms with Crippen molar-refractivity contribution in [2.45, 2.75) is 19.9 Å². The number of amides is 2. The van der Waals surface area contributed by atoms with E-state index in [0.717, 1.165) is 11.1 Å². The zero-order valence-electron chi connectivity index (χ0n) is 16.1. The Morgan fingerprint density at radius 1 is 0.964 bits per heavy atom. The molecule has 6 nitrogen and oxygen atoms in total. The number of hydrogen-bond acceptors (Lipinski definition) is 4. The van der Waals surface area contributed by atoms with Gasteiger partial charge in [0.25, 0.3) is 5.91 Å².